The Morgan fingerprint density at radius 1 is 1.64 bits per heavy atom. The van der Waals surface area contributed by atoms with Crippen LogP contribution in [0.15, 0.2) is 0 Å². The molecule has 1 unspecified atom stereocenters. The number of nitrogens with zero attached hydrogens (tertiary/aromatic N) is 1. The summed E-state index contributed by atoms with van der Waals surface area (Å²) in [6, 6.07) is 0.0208. The fourth-order valence-corrected chi connectivity index (χ4v) is 3.39. The molecule has 1 aliphatic rings. The van der Waals surface area contributed by atoms with Crippen LogP contribution in [0.3, 0.4) is 0 Å². The second-order valence-corrected chi connectivity index (χ2v) is 6.30. The maximum atomic E-state index is 11.2. The molecule has 0 aromatic heterocycles. The molecular weight excluding hydrogens is 222 g/mol. The van der Waals surface area contributed by atoms with E-state index >= 15 is 0 Å². The minimum absolute atomic E-state index is 0.0208. The number of hydrogen-bond acceptors (Lipinski definition) is 3. The Kier molecular flexibility index (Phi) is 3.82. The van der Waals surface area contributed by atoms with Gasteiger partial charge in [-0.05, 0) is 12.2 Å². The second-order valence-electron chi connectivity index (χ2n) is 3.61. The number of hydrazine groups is 1. The molecule has 0 bridgehead atoms. The minimum Gasteiger partial charge on any atom is -0.354 e. The molecule has 1 heterocycles. The first-order valence-electron chi connectivity index (χ1n) is 4.35. The zero-order valence-corrected chi connectivity index (χ0v) is 9.95. The van der Waals surface area contributed by atoms with Gasteiger partial charge in [-0.2, -0.15) is 4.55 Å². The van der Waals surface area contributed by atoms with Gasteiger partial charge in [-0.1, -0.05) is 4.21 Å². The summed E-state index contributed by atoms with van der Waals surface area (Å²) in [7, 11) is 1.08. The lowest BCUT2D eigenvalue weighted by molar-refractivity contribution is 0.357. The Balaban J connectivity index is 2.33. The van der Waals surface area contributed by atoms with Crippen LogP contribution in [0, 0.1) is 0 Å². The molecule has 2 atom stereocenters. The van der Waals surface area contributed by atoms with E-state index in [9.17, 15) is 8.76 Å². The Morgan fingerprint density at radius 2 is 2.29 bits per heavy atom. The lowest BCUT2D eigenvalue weighted by Gasteiger charge is -2.17. The summed E-state index contributed by atoms with van der Waals surface area (Å²) in [5, 5.41) is 5.23. The van der Waals surface area contributed by atoms with Gasteiger partial charge in [0.2, 0.25) is 10.2 Å². The normalized spacial score (nSPS) is 31.9. The first-order valence-corrected chi connectivity index (χ1v) is 6.62. The molecule has 0 radical (unpaired) electrons. The van der Waals surface area contributed by atoms with Gasteiger partial charge in [0.15, 0.2) is 10.9 Å². The number of hydrogen-bond donors (Lipinski definition) is 3. The zero-order valence-electron chi connectivity index (χ0n) is 8.32. The van der Waals surface area contributed by atoms with Crippen LogP contribution in [0.5, 0.6) is 0 Å². The van der Waals surface area contributed by atoms with Crippen molar-refractivity contribution >= 4 is 27.5 Å². The summed E-state index contributed by atoms with van der Waals surface area (Å²) in [6.07, 6.45) is 0.699. The van der Waals surface area contributed by atoms with Crippen LogP contribution in [0.1, 0.15) is 6.42 Å². The van der Waals surface area contributed by atoms with Gasteiger partial charge >= 0.3 is 0 Å². The van der Waals surface area contributed by atoms with Crippen LogP contribution in [0.4, 0.5) is 0 Å². The molecule has 0 aromatic rings. The van der Waals surface area contributed by atoms with Gasteiger partial charge in [-0.25, -0.2) is 5.01 Å². The third-order valence-electron chi connectivity index (χ3n) is 1.91. The topological polar surface area (TPSA) is 64.6 Å². The number of thiocarbonyl (C=S) groups is 1. The molecule has 5 nitrogen and oxygen atoms in total. The Hall–Kier alpha value is -0.240. The smallest absolute Gasteiger partial charge is 0.216 e. The summed E-state index contributed by atoms with van der Waals surface area (Å²) in [6.45, 7) is 0. The Morgan fingerprint density at radius 3 is 2.71 bits per heavy atom. The summed E-state index contributed by atoms with van der Waals surface area (Å²) < 4.78 is 20.5. The van der Waals surface area contributed by atoms with E-state index in [2.05, 4.69) is 10.7 Å². The molecular formula is C7H16N3O2S2+. The predicted molar refractivity (Wildman–Crippen MR) is 61.4 cm³/mol. The highest BCUT2D eigenvalue weighted by Gasteiger charge is 2.38. The van der Waals surface area contributed by atoms with Crippen LogP contribution < -0.4 is 10.7 Å². The van der Waals surface area contributed by atoms with Crippen molar-refractivity contribution in [3.05, 3.63) is 0 Å². The van der Waals surface area contributed by atoms with E-state index in [1.54, 1.807) is 5.01 Å². The number of nitrogens with one attached hydrogen (secondary N) is 2. The summed E-state index contributed by atoms with van der Waals surface area (Å²) >= 11 is 5.00. The number of rotatable bonds is 2. The van der Waals surface area contributed by atoms with Crippen LogP contribution in [-0.4, -0.2) is 46.3 Å². The molecule has 0 amide bonds. The summed E-state index contributed by atoms with van der Waals surface area (Å²) in [4.78, 5) is 0. The highest BCUT2D eigenvalue weighted by Crippen LogP contribution is 2.16. The van der Waals surface area contributed by atoms with Gasteiger partial charge in [0, 0.05) is 20.5 Å². The maximum Gasteiger partial charge on any atom is 0.216 e. The molecule has 1 aliphatic heterocycles. The maximum absolute atomic E-state index is 11.2. The molecule has 1 fully saturated rings. The van der Waals surface area contributed by atoms with Crippen molar-refractivity contribution in [1.29, 1.82) is 0 Å². The van der Waals surface area contributed by atoms with Gasteiger partial charge in [0.05, 0.1) is 6.04 Å². The van der Waals surface area contributed by atoms with Crippen molar-refractivity contribution in [1.82, 2.24) is 15.8 Å². The van der Waals surface area contributed by atoms with Crippen molar-refractivity contribution < 1.29 is 8.76 Å². The van der Waals surface area contributed by atoms with E-state index < -0.39 is 10.2 Å². The van der Waals surface area contributed by atoms with Gasteiger partial charge in [0.25, 0.3) is 0 Å². The molecule has 0 aromatic carbocycles. The average Bonchev–Trinajstić information content (AvgIpc) is 2.27. The standard InChI is InChI=1S/C7H15N3O2S2/c1-10(2)9-7(13)8-6-3-4-14(11,12)5-6/h6H,3-5H2,1-2H3,(H2-,8,9,11,12,13)/p+1/t6-/m1/s1. The fourth-order valence-electron chi connectivity index (χ4n) is 1.34. The largest absolute Gasteiger partial charge is 0.354 e. The molecule has 0 aliphatic carbocycles. The first kappa shape index (κ1) is 11.8. The predicted octanol–water partition coefficient (Wildman–Crippen LogP) is -0.328. The molecule has 82 valence electrons. The Bertz CT molecular complexity index is 270. The van der Waals surface area contributed by atoms with Gasteiger partial charge in [0.1, 0.15) is 5.75 Å². The highest BCUT2D eigenvalue weighted by atomic mass is 32.3. The lowest BCUT2D eigenvalue weighted by atomic mass is 10.3. The van der Waals surface area contributed by atoms with E-state index in [-0.39, 0.29) is 6.04 Å². The Labute approximate surface area is 90.5 Å². The van der Waals surface area contributed by atoms with Crippen LogP contribution in [-0.2, 0) is 14.4 Å². The third-order valence-corrected chi connectivity index (χ3v) is 3.91. The quantitative estimate of drug-likeness (QED) is 0.348. The molecule has 0 saturated carbocycles. The first-order chi connectivity index (χ1) is 6.39. The SMILES string of the molecule is CN(C)NC(=S)N[C@@H]1CC[S+](=O)(O)C1. The van der Waals surface area contributed by atoms with E-state index in [4.69, 9.17) is 12.2 Å². The van der Waals surface area contributed by atoms with Crippen molar-refractivity contribution in [2.75, 3.05) is 25.6 Å². The summed E-state index contributed by atoms with van der Waals surface area (Å²) in [5.41, 5.74) is 2.88. The van der Waals surface area contributed by atoms with Crippen LogP contribution in [0.2, 0.25) is 0 Å². The van der Waals surface area contributed by atoms with Crippen molar-refractivity contribution in [3.63, 3.8) is 0 Å². The van der Waals surface area contributed by atoms with Crippen molar-refractivity contribution in [2.24, 2.45) is 0 Å². The van der Waals surface area contributed by atoms with E-state index in [0.29, 0.717) is 23.0 Å². The minimum atomic E-state index is -2.58. The van der Waals surface area contributed by atoms with E-state index in [1.165, 1.54) is 0 Å². The second kappa shape index (κ2) is 4.52. The molecule has 1 rings (SSSR count). The molecule has 14 heavy (non-hydrogen) atoms. The van der Waals surface area contributed by atoms with Crippen molar-refractivity contribution in [2.45, 2.75) is 12.5 Å². The lowest BCUT2D eigenvalue weighted by Crippen LogP contribution is -2.47. The fraction of sp³-hybridized carbons (Fsp3) is 0.857. The van der Waals surface area contributed by atoms with Gasteiger partial charge in [-0.3, -0.25) is 5.43 Å². The summed E-state index contributed by atoms with van der Waals surface area (Å²) in [5.74, 6) is 0.664. The average molecular weight is 238 g/mol. The molecule has 3 N–H and O–H groups in total. The van der Waals surface area contributed by atoms with Crippen LogP contribution in [0.25, 0.3) is 0 Å². The monoisotopic (exact) mass is 238 g/mol. The molecule has 7 heteroatoms. The van der Waals surface area contributed by atoms with Gasteiger partial charge in [-0.15, -0.1) is 0 Å². The molecule has 0 spiro atoms. The van der Waals surface area contributed by atoms with E-state index in [1.807, 2.05) is 14.1 Å². The molecule has 1 saturated heterocycles. The zero-order chi connectivity index (χ0) is 10.8. The highest BCUT2D eigenvalue weighted by molar-refractivity contribution is 7.98. The van der Waals surface area contributed by atoms with Crippen LogP contribution >= 0.6 is 12.2 Å². The van der Waals surface area contributed by atoms with Gasteiger partial charge < -0.3 is 5.32 Å². The third kappa shape index (κ3) is 3.87. The van der Waals surface area contributed by atoms with E-state index in [0.717, 1.165) is 0 Å². The van der Waals surface area contributed by atoms with Crippen molar-refractivity contribution in [3.8, 4) is 0 Å².